The van der Waals surface area contributed by atoms with Crippen molar-refractivity contribution in [1.29, 1.82) is 0 Å². The maximum atomic E-state index is 11.5. The van der Waals surface area contributed by atoms with Gasteiger partial charge in [-0.2, -0.15) is 0 Å². The van der Waals surface area contributed by atoms with Crippen LogP contribution in [0.15, 0.2) is 0 Å². The fourth-order valence-corrected chi connectivity index (χ4v) is 2.81. The average Bonchev–Trinajstić information content (AvgIpc) is 2.13. The molecule has 1 unspecified atom stereocenters. The molecule has 5 heteroatoms. The van der Waals surface area contributed by atoms with Crippen molar-refractivity contribution in [2.45, 2.75) is 46.1 Å². The Balaban J connectivity index is 3.81. The van der Waals surface area contributed by atoms with Gasteiger partial charge in [0.05, 0.1) is 5.75 Å². The molecule has 4 nitrogen and oxygen atoms in total. The summed E-state index contributed by atoms with van der Waals surface area (Å²) in [6, 6.07) is 0.0422. The average molecular weight is 250 g/mol. The zero-order chi connectivity index (χ0) is 12.6. The van der Waals surface area contributed by atoms with E-state index in [1.807, 2.05) is 6.92 Å². The summed E-state index contributed by atoms with van der Waals surface area (Å²) in [6.45, 7) is 6.79. The molecule has 0 aliphatic carbocycles. The van der Waals surface area contributed by atoms with Crippen molar-refractivity contribution in [2.24, 2.45) is 5.92 Å². The van der Waals surface area contributed by atoms with Crippen LogP contribution in [-0.2, 0) is 10.0 Å². The molecule has 2 N–H and O–H groups in total. The number of sulfonamides is 1. The molecule has 1 atom stereocenters. The second kappa shape index (κ2) is 8.03. The molecule has 0 saturated heterocycles. The third kappa shape index (κ3) is 9.12. The largest absolute Gasteiger partial charge is 0.319 e. The predicted octanol–water partition coefficient (Wildman–Crippen LogP) is 1.34. The van der Waals surface area contributed by atoms with Crippen LogP contribution in [0.3, 0.4) is 0 Å². The Morgan fingerprint density at radius 3 is 2.25 bits per heavy atom. The Morgan fingerprint density at radius 1 is 1.12 bits per heavy atom. The Bertz CT molecular complexity index is 263. The van der Waals surface area contributed by atoms with Crippen LogP contribution >= 0.6 is 0 Å². The first-order valence-corrected chi connectivity index (χ1v) is 7.67. The van der Waals surface area contributed by atoms with E-state index < -0.39 is 10.0 Å². The Labute approximate surface area is 100 Å². The molecule has 16 heavy (non-hydrogen) atoms. The molecule has 0 amide bonds. The summed E-state index contributed by atoms with van der Waals surface area (Å²) in [5.74, 6) is 0.839. The van der Waals surface area contributed by atoms with Crippen LogP contribution in [0, 0.1) is 5.92 Å². The van der Waals surface area contributed by atoms with Crippen LogP contribution < -0.4 is 10.0 Å². The quantitative estimate of drug-likeness (QED) is 0.649. The molecule has 0 aliphatic heterocycles. The van der Waals surface area contributed by atoms with Crippen molar-refractivity contribution >= 4 is 10.0 Å². The van der Waals surface area contributed by atoms with Gasteiger partial charge in [-0.1, -0.05) is 26.7 Å². The smallest absolute Gasteiger partial charge is 0.213 e. The molecule has 0 radical (unpaired) electrons. The molecule has 0 heterocycles. The van der Waals surface area contributed by atoms with Crippen molar-refractivity contribution in [3.8, 4) is 0 Å². The van der Waals surface area contributed by atoms with Gasteiger partial charge in [0.15, 0.2) is 0 Å². The van der Waals surface area contributed by atoms with Crippen LogP contribution in [0.25, 0.3) is 0 Å². The van der Waals surface area contributed by atoms with Gasteiger partial charge >= 0.3 is 0 Å². The lowest BCUT2D eigenvalue weighted by Gasteiger charge is -2.14. The van der Waals surface area contributed by atoms with Gasteiger partial charge in [-0.15, -0.1) is 0 Å². The van der Waals surface area contributed by atoms with Gasteiger partial charge in [-0.05, 0) is 26.3 Å². The number of rotatable bonds is 9. The lowest BCUT2D eigenvalue weighted by molar-refractivity contribution is 0.488. The first-order chi connectivity index (χ1) is 7.37. The summed E-state index contributed by atoms with van der Waals surface area (Å²) in [4.78, 5) is 0. The van der Waals surface area contributed by atoms with E-state index in [2.05, 4.69) is 23.9 Å². The Morgan fingerprint density at radius 2 is 1.75 bits per heavy atom. The zero-order valence-electron chi connectivity index (χ0n) is 10.9. The second-order valence-electron chi connectivity index (χ2n) is 4.77. The number of hydrogen-bond acceptors (Lipinski definition) is 3. The highest BCUT2D eigenvalue weighted by atomic mass is 32.2. The van der Waals surface area contributed by atoms with Gasteiger partial charge in [0.2, 0.25) is 10.0 Å². The molecule has 0 spiro atoms. The first kappa shape index (κ1) is 15.9. The zero-order valence-corrected chi connectivity index (χ0v) is 11.7. The standard InChI is InChI=1S/C11H26N2O2S/c1-10(2)6-5-7-11(3)13-16(14,15)9-8-12-4/h10-13H,5-9H2,1-4H3. The van der Waals surface area contributed by atoms with Crippen molar-refractivity contribution in [2.75, 3.05) is 19.3 Å². The minimum absolute atomic E-state index is 0.0422. The van der Waals surface area contributed by atoms with E-state index >= 15 is 0 Å². The molecule has 0 saturated carbocycles. The lowest BCUT2D eigenvalue weighted by Crippen LogP contribution is -2.36. The maximum absolute atomic E-state index is 11.5. The van der Waals surface area contributed by atoms with Crippen LogP contribution in [-0.4, -0.2) is 33.8 Å². The second-order valence-corrected chi connectivity index (χ2v) is 6.64. The monoisotopic (exact) mass is 250 g/mol. The van der Waals surface area contributed by atoms with E-state index in [1.165, 1.54) is 0 Å². The molecule has 98 valence electrons. The van der Waals surface area contributed by atoms with Crippen molar-refractivity contribution in [1.82, 2.24) is 10.0 Å². The summed E-state index contributed by atoms with van der Waals surface area (Å²) in [6.07, 6.45) is 3.15. The predicted molar refractivity (Wildman–Crippen MR) is 69.0 cm³/mol. The molecule has 0 aliphatic rings. The van der Waals surface area contributed by atoms with E-state index in [1.54, 1.807) is 7.05 Å². The van der Waals surface area contributed by atoms with Gasteiger partial charge in [0.25, 0.3) is 0 Å². The fraction of sp³-hybridized carbons (Fsp3) is 1.00. The van der Waals surface area contributed by atoms with Crippen LogP contribution in [0.4, 0.5) is 0 Å². The summed E-state index contributed by atoms with van der Waals surface area (Å²) in [5, 5.41) is 2.84. The van der Waals surface area contributed by atoms with E-state index in [-0.39, 0.29) is 11.8 Å². The molecular formula is C11H26N2O2S. The third-order valence-corrected chi connectivity index (χ3v) is 3.92. The minimum Gasteiger partial charge on any atom is -0.319 e. The SMILES string of the molecule is CNCCS(=O)(=O)NC(C)CCCC(C)C. The molecule has 0 aromatic carbocycles. The summed E-state index contributed by atoms with van der Waals surface area (Å²) in [7, 11) is -1.35. The first-order valence-electron chi connectivity index (χ1n) is 6.02. The topological polar surface area (TPSA) is 58.2 Å². The lowest BCUT2D eigenvalue weighted by atomic mass is 10.0. The molecule has 0 bridgehead atoms. The highest BCUT2D eigenvalue weighted by molar-refractivity contribution is 7.89. The van der Waals surface area contributed by atoms with Crippen molar-refractivity contribution in [3.63, 3.8) is 0 Å². The summed E-state index contributed by atoms with van der Waals surface area (Å²) < 4.78 is 25.8. The molecule has 0 aromatic heterocycles. The van der Waals surface area contributed by atoms with Gasteiger partial charge in [0, 0.05) is 12.6 Å². The van der Waals surface area contributed by atoms with E-state index in [0.717, 1.165) is 19.3 Å². The van der Waals surface area contributed by atoms with Gasteiger partial charge in [-0.3, -0.25) is 0 Å². The molecule has 0 fully saturated rings. The fourth-order valence-electron chi connectivity index (χ4n) is 1.49. The molecule has 0 rings (SSSR count). The van der Waals surface area contributed by atoms with Crippen molar-refractivity contribution < 1.29 is 8.42 Å². The highest BCUT2D eigenvalue weighted by Gasteiger charge is 2.13. The van der Waals surface area contributed by atoms with E-state index in [9.17, 15) is 8.42 Å². The van der Waals surface area contributed by atoms with E-state index in [4.69, 9.17) is 0 Å². The highest BCUT2D eigenvalue weighted by Crippen LogP contribution is 2.08. The van der Waals surface area contributed by atoms with Gasteiger partial charge in [-0.25, -0.2) is 13.1 Å². The number of hydrogen-bond donors (Lipinski definition) is 2. The Kier molecular flexibility index (Phi) is 7.97. The van der Waals surface area contributed by atoms with Crippen LogP contribution in [0.2, 0.25) is 0 Å². The molecular weight excluding hydrogens is 224 g/mol. The van der Waals surface area contributed by atoms with Crippen molar-refractivity contribution in [3.05, 3.63) is 0 Å². The van der Waals surface area contributed by atoms with Gasteiger partial charge < -0.3 is 5.32 Å². The van der Waals surface area contributed by atoms with E-state index in [0.29, 0.717) is 12.5 Å². The molecule has 0 aromatic rings. The van der Waals surface area contributed by atoms with Crippen LogP contribution in [0.1, 0.15) is 40.0 Å². The maximum Gasteiger partial charge on any atom is 0.213 e. The minimum atomic E-state index is -3.11. The normalized spacial score (nSPS) is 14.3. The van der Waals surface area contributed by atoms with Gasteiger partial charge in [0.1, 0.15) is 0 Å². The third-order valence-electron chi connectivity index (χ3n) is 2.42. The summed E-state index contributed by atoms with van der Waals surface area (Å²) >= 11 is 0. The Hall–Kier alpha value is -0.130. The summed E-state index contributed by atoms with van der Waals surface area (Å²) in [5.41, 5.74) is 0. The number of nitrogens with one attached hydrogen (secondary N) is 2. The van der Waals surface area contributed by atoms with Crippen LogP contribution in [0.5, 0.6) is 0 Å².